The standard InChI is InChI=1S/C9H12N2O3S/c1-6(9(13)14-2)4-15-8-3-7(12)10-5-11-8/h3,5-6H,4H2,1-2H3,(H,10,11,12). The second-order valence-electron chi connectivity index (χ2n) is 2.98. The molecule has 1 N–H and O–H groups in total. The molecule has 1 rings (SSSR count). The maximum Gasteiger partial charge on any atom is 0.309 e. The van der Waals surface area contributed by atoms with Gasteiger partial charge in [0.05, 0.1) is 19.4 Å². The van der Waals surface area contributed by atoms with Crippen molar-refractivity contribution in [2.75, 3.05) is 12.9 Å². The van der Waals surface area contributed by atoms with E-state index in [-0.39, 0.29) is 17.4 Å². The van der Waals surface area contributed by atoms with Gasteiger partial charge < -0.3 is 9.72 Å². The zero-order chi connectivity index (χ0) is 11.3. The molecule has 0 fully saturated rings. The number of rotatable bonds is 4. The Kier molecular flexibility index (Phi) is 4.36. The predicted molar refractivity (Wildman–Crippen MR) is 56.8 cm³/mol. The van der Waals surface area contributed by atoms with Crippen LogP contribution < -0.4 is 5.56 Å². The third-order valence-electron chi connectivity index (χ3n) is 1.74. The largest absolute Gasteiger partial charge is 0.469 e. The molecule has 0 radical (unpaired) electrons. The molecule has 1 unspecified atom stereocenters. The number of aromatic amines is 1. The first kappa shape index (κ1) is 11.8. The van der Waals surface area contributed by atoms with Crippen LogP contribution in [0.2, 0.25) is 0 Å². The molecule has 0 saturated heterocycles. The number of hydrogen-bond acceptors (Lipinski definition) is 5. The fraction of sp³-hybridized carbons (Fsp3) is 0.444. The minimum absolute atomic E-state index is 0.196. The molecule has 1 atom stereocenters. The highest BCUT2D eigenvalue weighted by Gasteiger charge is 2.13. The Morgan fingerprint density at radius 1 is 1.73 bits per heavy atom. The third kappa shape index (κ3) is 3.75. The lowest BCUT2D eigenvalue weighted by molar-refractivity contribution is -0.143. The summed E-state index contributed by atoms with van der Waals surface area (Å²) in [5.74, 6) is 0.0804. The third-order valence-corrected chi connectivity index (χ3v) is 2.92. The summed E-state index contributed by atoms with van der Waals surface area (Å²) in [6.45, 7) is 1.77. The first-order chi connectivity index (χ1) is 7.13. The normalized spacial score (nSPS) is 12.1. The molecule has 0 aliphatic heterocycles. The lowest BCUT2D eigenvalue weighted by Gasteiger charge is -2.07. The molecule has 0 aromatic carbocycles. The molecule has 6 heteroatoms. The first-order valence-corrected chi connectivity index (χ1v) is 5.37. The number of carbonyl (C=O) groups excluding carboxylic acids is 1. The van der Waals surface area contributed by atoms with Crippen LogP contribution >= 0.6 is 11.8 Å². The smallest absolute Gasteiger partial charge is 0.309 e. The molecule has 15 heavy (non-hydrogen) atoms. The molecule has 0 bridgehead atoms. The monoisotopic (exact) mass is 228 g/mol. The van der Waals surface area contributed by atoms with Crippen molar-refractivity contribution in [1.29, 1.82) is 0 Å². The number of aromatic nitrogens is 2. The summed E-state index contributed by atoms with van der Waals surface area (Å²) in [5.41, 5.74) is -0.196. The van der Waals surface area contributed by atoms with Crippen LogP contribution in [0, 0.1) is 5.92 Å². The molecule has 1 aromatic heterocycles. The summed E-state index contributed by atoms with van der Waals surface area (Å²) in [5, 5.41) is 0.606. The summed E-state index contributed by atoms with van der Waals surface area (Å²) in [6, 6.07) is 1.40. The molecule has 1 heterocycles. The van der Waals surface area contributed by atoms with Crippen LogP contribution in [0.1, 0.15) is 6.92 Å². The van der Waals surface area contributed by atoms with E-state index in [2.05, 4.69) is 14.7 Å². The minimum atomic E-state index is -0.257. The van der Waals surface area contributed by atoms with Crippen LogP contribution in [0.3, 0.4) is 0 Å². The highest BCUT2D eigenvalue weighted by molar-refractivity contribution is 7.99. The van der Waals surface area contributed by atoms with Crippen molar-refractivity contribution in [3.05, 3.63) is 22.7 Å². The van der Waals surface area contributed by atoms with Crippen molar-refractivity contribution in [2.45, 2.75) is 11.9 Å². The van der Waals surface area contributed by atoms with Gasteiger partial charge in [-0.15, -0.1) is 11.8 Å². The first-order valence-electron chi connectivity index (χ1n) is 4.39. The molecule has 82 valence electrons. The van der Waals surface area contributed by atoms with E-state index >= 15 is 0 Å². The van der Waals surface area contributed by atoms with Gasteiger partial charge in [0.15, 0.2) is 0 Å². The Morgan fingerprint density at radius 3 is 3.07 bits per heavy atom. The zero-order valence-corrected chi connectivity index (χ0v) is 9.34. The van der Waals surface area contributed by atoms with Gasteiger partial charge in [-0.2, -0.15) is 0 Å². The highest BCUT2D eigenvalue weighted by Crippen LogP contribution is 2.16. The molecule has 5 nitrogen and oxygen atoms in total. The molecule has 0 amide bonds. The van der Waals surface area contributed by atoms with E-state index in [1.165, 1.54) is 31.3 Å². The van der Waals surface area contributed by atoms with E-state index in [1.807, 2.05) is 0 Å². The fourth-order valence-corrected chi connectivity index (χ4v) is 1.78. The average molecular weight is 228 g/mol. The van der Waals surface area contributed by atoms with Crippen LogP contribution in [0.5, 0.6) is 0 Å². The summed E-state index contributed by atoms with van der Waals surface area (Å²) in [7, 11) is 1.36. The molecule has 0 spiro atoms. The van der Waals surface area contributed by atoms with Crippen molar-refractivity contribution < 1.29 is 9.53 Å². The number of nitrogens with one attached hydrogen (secondary N) is 1. The number of carbonyl (C=O) groups is 1. The Hall–Kier alpha value is -1.30. The van der Waals surface area contributed by atoms with Crippen LogP contribution in [0.4, 0.5) is 0 Å². The Morgan fingerprint density at radius 2 is 2.47 bits per heavy atom. The Balaban J connectivity index is 2.50. The number of ether oxygens (including phenoxy) is 1. The van der Waals surface area contributed by atoms with Gasteiger partial charge in [0.2, 0.25) is 0 Å². The lowest BCUT2D eigenvalue weighted by atomic mass is 10.2. The highest BCUT2D eigenvalue weighted by atomic mass is 32.2. The lowest BCUT2D eigenvalue weighted by Crippen LogP contribution is -2.15. The van der Waals surface area contributed by atoms with Gasteiger partial charge >= 0.3 is 5.97 Å². The molecule has 0 aliphatic carbocycles. The van der Waals surface area contributed by atoms with E-state index < -0.39 is 0 Å². The maximum absolute atomic E-state index is 11.1. The van der Waals surface area contributed by atoms with Gasteiger partial charge in [0.25, 0.3) is 5.56 Å². The SMILES string of the molecule is COC(=O)C(C)CSc1cc(=O)[nH]cn1. The molecule has 1 aromatic rings. The van der Waals surface area contributed by atoms with E-state index in [0.717, 1.165) is 0 Å². The summed E-state index contributed by atoms with van der Waals surface area (Å²) < 4.78 is 4.58. The number of hydrogen-bond donors (Lipinski definition) is 1. The van der Waals surface area contributed by atoms with Gasteiger partial charge in [-0.05, 0) is 0 Å². The van der Waals surface area contributed by atoms with Crippen LogP contribution in [0.25, 0.3) is 0 Å². The minimum Gasteiger partial charge on any atom is -0.469 e. The van der Waals surface area contributed by atoms with E-state index in [0.29, 0.717) is 10.8 Å². The number of nitrogens with zero attached hydrogens (tertiary/aromatic N) is 1. The summed E-state index contributed by atoms with van der Waals surface area (Å²) >= 11 is 1.35. The van der Waals surface area contributed by atoms with Crippen molar-refractivity contribution >= 4 is 17.7 Å². The van der Waals surface area contributed by atoms with E-state index in [4.69, 9.17) is 0 Å². The average Bonchev–Trinajstić information content (AvgIpc) is 2.25. The zero-order valence-electron chi connectivity index (χ0n) is 8.52. The molecular weight excluding hydrogens is 216 g/mol. The molecular formula is C9H12N2O3S. The summed E-state index contributed by atoms with van der Waals surface area (Å²) in [4.78, 5) is 28.4. The quantitative estimate of drug-likeness (QED) is 0.466. The maximum atomic E-state index is 11.1. The molecule has 0 aliphatic rings. The predicted octanol–water partition coefficient (Wildman–Crippen LogP) is 0.671. The van der Waals surface area contributed by atoms with Gasteiger partial charge in [-0.3, -0.25) is 9.59 Å². The van der Waals surface area contributed by atoms with Crippen LogP contribution in [-0.4, -0.2) is 28.8 Å². The van der Waals surface area contributed by atoms with Crippen molar-refractivity contribution in [3.8, 4) is 0 Å². The van der Waals surface area contributed by atoms with Crippen LogP contribution in [-0.2, 0) is 9.53 Å². The fourth-order valence-electron chi connectivity index (χ4n) is 0.909. The number of methoxy groups -OCH3 is 1. The van der Waals surface area contributed by atoms with Crippen molar-refractivity contribution in [2.24, 2.45) is 5.92 Å². The second kappa shape index (κ2) is 5.55. The number of esters is 1. The van der Waals surface area contributed by atoms with Gasteiger partial charge in [0, 0.05) is 11.8 Å². The van der Waals surface area contributed by atoms with Gasteiger partial charge in [-0.25, -0.2) is 4.98 Å². The topological polar surface area (TPSA) is 72.1 Å². The van der Waals surface area contributed by atoms with Gasteiger partial charge in [0.1, 0.15) is 5.03 Å². The second-order valence-corrected chi connectivity index (χ2v) is 4.02. The number of H-pyrrole nitrogens is 1. The van der Waals surface area contributed by atoms with Crippen molar-refractivity contribution in [3.63, 3.8) is 0 Å². The Labute approximate surface area is 91.3 Å². The Bertz CT molecular complexity index is 391. The number of thioether (sulfide) groups is 1. The van der Waals surface area contributed by atoms with E-state index in [1.54, 1.807) is 6.92 Å². The van der Waals surface area contributed by atoms with Crippen LogP contribution in [0.15, 0.2) is 22.2 Å². The van der Waals surface area contributed by atoms with Crippen molar-refractivity contribution in [1.82, 2.24) is 9.97 Å². The summed E-state index contributed by atoms with van der Waals surface area (Å²) in [6.07, 6.45) is 1.34. The van der Waals surface area contributed by atoms with E-state index in [9.17, 15) is 9.59 Å². The van der Waals surface area contributed by atoms with Gasteiger partial charge in [-0.1, -0.05) is 6.92 Å². The molecule has 0 saturated carbocycles.